The van der Waals surface area contributed by atoms with Crippen LogP contribution in [0.1, 0.15) is 32.6 Å². The second-order valence-corrected chi connectivity index (χ2v) is 10.8. The third-order valence-corrected chi connectivity index (χ3v) is 8.31. The van der Waals surface area contributed by atoms with Crippen molar-refractivity contribution in [3.05, 3.63) is 70.9 Å². The summed E-state index contributed by atoms with van der Waals surface area (Å²) in [6, 6.07) is 19.2. The van der Waals surface area contributed by atoms with Crippen molar-refractivity contribution in [3.63, 3.8) is 0 Å². The van der Waals surface area contributed by atoms with E-state index in [1.807, 2.05) is 42.5 Å². The van der Waals surface area contributed by atoms with Crippen LogP contribution in [-0.2, 0) is 14.3 Å². The molecule has 3 aromatic carbocycles. The Hall–Kier alpha value is -4.17. The molecule has 198 valence electrons. The predicted molar refractivity (Wildman–Crippen MR) is 157 cm³/mol. The predicted octanol–water partition coefficient (Wildman–Crippen LogP) is 6.71. The molecule has 39 heavy (non-hydrogen) atoms. The van der Waals surface area contributed by atoms with Gasteiger partial charge in [-0.05, 0) is 50.5 Å². The van der Waals surface area contributed by atoms with Gasteiger partial charge in [-0.3, -0.25) is 14.4 Å². The number of thiophene rings is 1. The van der Waals surface area contributed by atoms with Crippen LogP contribution in [0, 0.1) is 0 Å². The highest BCUT2D eigenvalue weighted by atomic mass is 32.1. The standard InChI is InChI=1S/C31H28N2O5S/c1-2-37-29(36)18-27(35)32-19-12-13-26-24(16-19)22-10-7-9-21(31(22)39-26)20-8-6-11-23-25(34)17-28(38-30(20)23)33-14-4-3-5-15-33/h6-13,16-17H,2-5,14-15,18H2,1H3,(H,32,35). The number of nitrogens with one attached hydrogen (secondary N) is 1. The minimum Gasteiger partial charge on any atom is -0.466 e. The minimum atomic E-state index is -0.549. The molecule has 1 fully saturated rings. The molecule has 0 saturated carbocycles. The molecular formula is C31H28N2O5S. The summed E-state index contributed by atoms with van der Waals surface area (Å²) in [6.45, 7) is 3.72. The van der Waals surface area contributed by atoms with E-state index >= 15 is 0 Å². The van der Waals surface area contributed by atoms with Gasteiger partial charge in [-0.25, -0.2) is 0 Å². The molecule has 0 unspecified atom stereocenters. The highest BCUT2D eigenvalue weighted by Crippen LogP contribution is 2.42. The van der Waals surface area contributed by atoms with Crippen LogP contribution in [0.25, 0.3) is 42.3 Å². The zero-order valence-electron chi connectivity index (χ0n) is 21.6. The molecule has 6 rings (SSSR count). The number of ether oxygens (including phenoxy) is 1. The van der Waals surface area contributed by atoms with Gasteiger partial charge in [0.25, 0.3) is 0 Å². The molecule has 1 amide bonds. The van der Waals surface area contributed by atoms with Crippen molar-refractivity contribution in [2.75, 3.05) is 29.9 Å². The monoisotopic (exact) mass is 540 g/mol. The van der Waals surface area contributed by atoms with Gasteiger partial charge in [-0.1, -0.05) is 30.3 Å². The summed E-state index contributed by atoms with van der Waals surface area (Å²) in [5, 5.41) is 5.41. The Bertz CT molecular complexity index is 1780. The molecular weight excluding hydrogens is 512 g/mol. The fourth-order valence-corrected chi connectivity index (χ4v) is 6.49. The number of carbonyl (C=O) groups is 2. The summed E-state index contributed by atoms with van der Waals surface area (Å²) < 4.78 is 13.5. The Labute approximate surface area is 229 Å². The summed E-state index contributed by atoms with van der Waals surface area (Å²) in [5.74, 6) is -0.332. The van der Waals surface area contributed by atoms with Crippen molar-refractivity contribution in [2.45, 2.75) is 32.6 Å². The number of piperidine rings is 1. The number of rotatable bonds is 6. The van der Waals surface area contributed by atoms with E-state index in [9.17, 15) is 14.4 Å². The molecule has 3 heterocycles. The minimum absolute atomic E-state index is 0.0367. The van der Waals surface area contributed by atoms with Crippen LogP contribution in [-0.4, -0.2) is 31.6 Å². The van der Waals surface area contributed by atoms with Gasteiger partial charge >= 0.3 is 5.97 Å². The number of hydrogen-bond donors (Lipinski definition) is 1. The fraction of sp³-hybridized carbons (Fsp3) is 0.258. The summed E-state index contributed by atoms with van der Waals surface area (Å²) in [5.41, 5.74) is 3.05. The Kier molecular flexibility index (Phi) is 6.79. The van der Waals surface area contributed by atoms with E-state index < -0.39 is 11.9 Å². The number of nitrogens with zero attached hydrogens (tertiary/aromatic N) is 1. The number of anilines is 2. The Morgan fingerprint density at radius 3 is 2.51 bits per heavy atom. The van der Waals surface area contributed by atoms with Gasteiger partial charge < -0.3 is 19.4 Å². The number of para-hydroxylation sites is 1. The van der Waals surface area contributed by atoms with Crippen LogP contribution < -0.4 is 15.6 Å². The highest BCUT2D eigenvalue weighted by Gasteiger charge is 2.19. The average molecular weight is 541 g/mol. The van der Waals surface area contributed by atoms with Crippen molar-refractivity contribution in [3.8, 4) is 11.1 Å². The van der Waals surface area contributed by atoms with Gasteiger partial charge in [0, 0.05) is 56.1 Å². The summed E-state index contributed by atoms with van der Waals surface area (Å²) in [4.78, 5) is 39.3. The molecule has 0 atom stereocenters. The first-order valence-corrected chi connectivity index (χ1v) is 14.1. The molecule has 1 N–H and O–H groups in total. The number of carbonyl (C=O) groups excluding carboxylic acids is 2. The second kappa shape index (κ2) is 10.5. The lowest BCUT2D eigenvalue weighted by atomic mass is 10.0. The van der Waals surface area contributed by atoms with Crippen molar-refractivity contribution < 1.29 is 18.7 Å². The van der Waals surface area contributed by atoms with Gasteiger partial charge in [0.2, 0.25) is 5.91 Å². The zero-order valence-corrected chi connectivity index (χ0v) is 22.4. The first kappa shape index (κ1) is 25.1. The van der Waals surface area contributed by atoms with E-state index in [0.29, 0.717) is 22.5 Å². The molecule has 0 aliphatic carbocycles. The van der Waals surface area contributed by atoms with E-state index in [1.54, 1.807) is 24.3 Å². The Morgan fingerprint density at radius 2 is 1.72 bits per heavy atom. The van der Waals surface area contributed by atoms with Crippen LogP contribution in [0.4, 0.5) is 11.6 Å². The fourth-order valence-electron chi connectivity index (χ4n) is 5.28. The molecule has 5 aromatic rings. The molecule has 1 aliphatic rings. The maximum absolute atomic E-state index is 13.1. The van der Waals surface area contributed by atoms with Gasteiger partial charge in [-0.2, -0.15) is 0 Å². The van der Waals surface area contributed by atoms with E-state index in [4.69, 9.17) is 9.15 Å². The SMILES string of the molecule is CCOC(=O)CC(=O)Nc1ccc2sc3c(-c4cccc5c(=O)cc(N6CCCCC6)oc45)cccc3c2c1. The van der Waals surface area contributed by atoms with E-state index in [2.05, 4.69) is 22.3 Å². The number of amides is 1. The van der Waals surface area contributed by atoms with Crippen LogP contribution in [0.2, 0.25) is 0 Å². The van der Waals surface area contributed by atoms with Gasteiger partial charge in [0.1, 0.15) is 12.0 Å². The Morgan fingerprint density at radius 1 is 0.949 bits per heavy atom. The molecule has 7 nitrogen and oxygen atoms in total. The first-order valence-electron chi connectivity index (χ1n) is 13.2. The van der Waals surface area contributed by atoms with Gasteiger partial charge in [0.05, 0.1) is 12.0 Å². The number of esters is 1. The quantitative estimate of drug-likeness (QED) is 0.190. The van der Waals surface area contributed by atoms with Crippen LogP contribution in [0.5, 0.6) is 0 Å². The highest BCUT2D eigenvalue weighted by molar-refractivity contribution is 7.26. The molecule has 8 heteroatoms. The average Bonchev–Trinajstić information content (AvgIpc) is 3.31. The normalized spacial score (nSPS) is 13.7. The first-order chi connectivity index (χ1) is 19.0. The lowest BCUT2D eigenvalue weighted by molar-refractivity contribution is -0.145. The van der Waals surface area contributed by atoms with Crippen molar-refractivity contribution in [1.82, 2.24) is 0 Å². The number of benzene rings is 3. The second-order valence-electron chi connectivity index (χ2n) is 9.70. The topological polar surface area (TPSA) is 88.8 Å². The van der Waals surface area contributed by atoms with E-state index in [-0.39, 0.29) is 18.5 Å². The lowest BCUT2D eigenvalue weighted by Gasteiger charge is -2.27. The van der Waals surface area contributed by atoms with Crippen LogP contribution in [0.3, 0.4) is 0 Å². The smallest absolute Gasteiger partial charge is 0.315 e. The number of fused-ring (bicyclic) bond motifs is 4. The van der Waals surface area contributed by atoms with Crippen molar-refractivity contribution in [1.29, 1.82) is 0 Å². The van der Waals surface area contributed by atoms with Crippen LogP contribution >= 0.6 is 11.3 Å². The summed E-state index contributed by atoms with van der Waals surface area (Å²) >= 11 is 1.66. The molecule has 0 radical (unpaired) electrons. The molecule has 1 saturated heterocycles. The van der Waals surface area contributed by atoms with Crippen LogP contribution in [0.15, 0.2) is 69.9 Å². The van der Waals surface area contributed by atoms with E-state index in [1.165, 1.54) is 6.42 Å². The summed E-state index contributed by atoms with van der Waals surface area (Å²) in [7, 11) is 0. The zero-order chi connectivity index (χ0) is 26.9. The third kappa shape index (κ3) is 4.88. The molecule has 2 aromatic heterocycles. The van der Waals surface area contributed by atoms with Gasteiger partial charge in [0.15, 0.2) is 11.3 Å². The Balaban J connectivity index is 1.42. The lowest BCUT2D eigenvalue weighted by Crippen LogP contribution is -2.30. The molecule has 0 spiro atoms. The van der Waals surface area contributed by atoms with Crippen molar-refractivity contribution >= 4 is 65.9 Å². The number of hydrogen-bond acceptors (Lipinski definition) is 7. The largest absolute Gasteiger partial charge is 0.466 e. The maximum atomic E-state index is 13.1. The van der Waals surface area contributed by atoms with Gasteiger partial charge in [-0.15, -0.1) is 11.3 Å². The van der Waals surface area contributed by atoms with Crippen molar-refractivity contribution in [2.24, 2.45) is 0 Å². The maximum Gasteiger partial charge on any atom is 0.315 e. The molecule has 0 bridgehead atoms. The third-order valence-electron chi connectivity index (χ3n) is 7.09. The van der Waals surface area contributed by atoms with E-state index in [0.717, 1.165) is 57.2 Å². The molecule has 1 aliphatic heterocycles. The summed E-state index contributed by atoms with van der Waals surface area (Å²) in [6.07, 6.45) is 3.06.